The lowest BCUT2D eigenvalue weighted by Gasteiger charge is -2.20. The highest BCUT2D eigenvalue weighted by molar-refractivity contribution is 5.94. The van der Waals surface area contributed by atoms with Crippen LogP contribution in [0.5, 0.6) is 0 Å². The summed E-state index contributed by atoms with van der Waals surface area (Å²) in [5, 5.41) is 0. The molecule has 1 fully saturated rings. The minimum Gasteiger partial charge on any atom is -0.361 e. The van der Waals surface area contributed by atoms with Crippen molar-refractivity contribution in [1.82, 2.24) is 14.3 Å². The molecule has 134 valence electrons. The van der Waals surface area contributed by atoms with Gasteiger partial charge >= 0.3 is 0 Å². The first kappa shape index (κ1) is 16.6. The summed E-state index contributed by atoms with van der Waals surface area (Å²) in [5.74, 6) is 1.95. The van der Waals surface area contributed by atoms with Gasteiger partial charge in [0.05, 0.1) is 17.8 Å². The molecule has 3 aromatic heterocycles. The van der Waals surface area contributed by atoms with Crippen molar-refractivity contribution in [2.45, 2.75) is 19.4 Å². The molecule has 0 unspecified atom stereocenters. The number of hydrogen-bond acceptors (Lipinski definition) is 3. The topological polar surface area (TPSA) is 40.9 Å². The number of aromatic nitrogens is 2. The van der Waals surface area contributed by atoms with Crippen molar-refractivity contribution in [2.75, 3.05) is 25.5 Å². The normalized spacial score (nSPS) is 13.8. The van der Waals surface area contributed by atoms with Crippen LogP contribution in [0.4, 0.5) is 5.82 Å². The van der Waals surface area contributed by atoms with Crippen molar-refractivity contribution in [3.05, 3.63) is 66.1 Å². The van der Waals surface area contributed by atoms with Crippen LogP contribution in [-0.4, -0.2) is 40.8 Å². The Kier molecular flexibility index (Phi) is 4.37. The second-order valence-electron chi connectivity index (χ2n) is 7.21. The first-order valence-electron chi connectivity index (χ1n) is 9.09. The average Bonchev–Trinajstić information content (AvgIpc) is 3.36. The van der Waals surface area contributed by atoms with Crippen molar-refractivity contribution >= 4 is 17.2 Å². The van der Waals surface area contributed by atoms with E-state index in [2.05, 4.69) is 33.5 Å². The molecule has 0 radical (unpaired) electrons. The van der Waals surface area contributed by atoms with Crippen LogP contribution >= 0.6 is 0 Å². The highest BCUT2D eigenvalue weighted by atomic mass is 16.2. The first-order chi connectivity index (χ1) is 12.6. The summed E-state index contributed by atoms with van der Waals surface area (Å²) in [6.07, 6.45) is 6.36. The van der Waals surface area contributed by atoms with Crippen LogP contribution in [0.3, 0.4) is 0 Å². The number of fused-ring (bicyclic) bond motifs is 1. The standard InChI is InChI=1S/C21H24N4O/c1-23(13-16-6-7-16)20-11-10-19-9-8-17(14-25(19)20)21(26)24(2)15-18-5-3-4-12-22-18/h3-5,8-12,14,16H,6-7,13,15H2,1-2H3. The zero-order valence-corrected chi connectivity index (χ0v) is 15.3. The van der Waals surface area contributed by atoms with Crippen molar-refractivity contribution in [3.8, 4) is 0 Å². The number of carbonyl (C=O) groups excluding carboxylic acids is 1. The van der Waals surface area contributed by atoms with Gasteiger partial charge in [0.2, 0.25) is 0 Å². The third-order valence-corrected chi connectivity index (χ3v) is 4.97. The Labute approximate surface area is 153 Å². The quantitative estimate of drug-likeness (QED) is 0.685. The monoisotopic (exact) mass is 348 g/mol. The molecular formula is C21H24N4O. The van der Waals surface area contributed by atoms with Gasteiger partial charge in [-0.05, 0) is 55.2 Å². The van der Waals surface area contributed by atoms with Crippen LogP contribution in [0, 0.1) is 5.92 Å². The van der Waals surface area contributed by atoms with Gasteiger partial charge in [-0.25, -0.2) is 0 Å². The predicted molar refractivity (Wildman–Crippen MR) is 103 cm³/mol. The molecule has 5 heteroatoms. The lowest BCUT2D eigenvalue weighted by atomic mass is 10.2. The predicted octanol–water partition coefficient (Wildman–Crippen LogP) is 3.45. The molecule has 5 nitrogen and oxygen atoms in total. The molecular weight excluding hydrogens is 324 g/mol. The Morgan fingerprint density at radius 3 is 2.69 bits per heavy atom. The lowest BCUT2D eigenvalue weighted by molar-refractivity contribution is 0.0783. The molecule has 0 N–H and O–H groups in total. The molecule has 3 aromatic rings. The number of rotatable bonds is 6. The molecule has 1 aliphatic rings. The van der Waals surface area contributed by atoms with Crippen LogP contribution < -0.4 is 4.90 Å². The zero-order chi connectivity index (χ0) is 18.1. The largest absolute Gasteiger partial charge is 0.361 e. The summed E-state index contributed by atoms with van der Waals surface area (Å²) in [6, 6.07) is 13.9. The number of amides is 1. The van der Waals surface area contributed by atoms with Gasteiger partial charge in [-0.1, -0.05) is 6.07 Å². The van der Waals surface area contributed by atoms with E-state index in [1.807, 2.05) is 43.6 Å². The van der Waals surface area contributed by atoms with E-state index in [1.54, 1.807) is 11.1 Å². The van der Waals surface area contributed by atoms with E-state index in [0.717, 1.165) is 29.5 Å². The number of carbonyl (C=O) groups is 1. The molecule has 1 aliphatic carbocycles. The number of anilines is 1. The van der Waals surface area contributed by atoms with E-state index in [0.29, 0.717) is 12.1 Å². The summed E-state index contributed by atoms with van der Waals surface area (Å²) < 4.78 is 2.12. The number of hydrogen-bond donors (Lipinski definition) is 0. The smallest absolute Gasteiger partial charge is 0.255 e. The van der Waals surface area contributed by atoms with E-state index >= 15 is 0 Å². The van der Waals surface area contributed by atoms with Crippen LogP contribution in [0.25, 0.3) is 5.52 Å². The minimum absolute atomic E-state index is 0.00190. The maximum absolute atomic E-state index is 12.9. The van der Waals surface area contributed by atoms with Crippen molar-refractivity contribution < 1.29 is 4.79 Å². The van der Waals surface area contributed by atoms with Gasteiger partial charge in [-0.3, -0.25) is 9.78 Å². The maximum Gasteiger partial charge on any atom is 0.255 e. The Morgan fingerprint density at radius 2 is 1.96 bits per heavy atom. The first-order valence-corrected chi connectivity index (χ1v) is 9.09. The SMILES string of the molecule is CN(Cc1ccccn1)C(=O)c1ccc2ccc(N(C)CC3CC3)n2c1. The molecule has 3 heterocycles. The summed E-state index contributed by atoms with van der Waals surface area (Å²) in [6.45, 7) is 1.57. The van der Waals surface area contributed by atoms with Gasteiger partial charge < -0.3 is 14.2 Å². The highest BCUT2D eigenvalue weighted by Crippen LogP contribution is 2.31. The third kappa shape index (κ3) is 3.43. The molecule has 0 aliphatic heterocycles. The second-order valence-corrected chi connectivity index (χ2v) is 7.21. The molecule has 0 bridgehead atoms. The van der Waals surface area contributed by atoms with Gasteiger partial charge in [0.1, 0.15) is 5.82 Å². The summed E-state index contributed by atoms with van der Waals surface area (Å²) in [5.41, 5.74) is 2.68. The fraction of sp³-hybridized carbons (Fsp3) is 0.333. The van der Waals surface area contributed by atoms with Crippen molar-refractivity contribution in [2.24, 2.45) is 5.92 Å². The zero-order valence-electron chi connectivity index (χ0n) is 15.3. The lowest BCUT2D eigenvalue weighted by Crippen LogP contribution is -2.27. The number of nitrogens with zero attached hydrogens (tertiary/aromatic N) is 4. The average molecular weight is 348 g/mol. The highest BCUT2D eigenvalue weighted by Gasteiger charge is 2.24. The molecule has 0 spiro atoms. The van der Waals surface area contributed by atoms with E-state index in [9.17, 15) is 4.79 Å². The van der Waals surface area contributed by atoms with E-state index in [1.165, 1.54) is 12.8 Å². The molecule has 4 rings (SSSR count). The van der Waals surface area contributed by atoms with Crippen molar-refractivity contribution in [3.63, 3.8) is 0 Å². The van der Waals surface area contributed by atoms with Gasteiger partial charge in [0, 0.05) is 38.6 Å². The van der Waals surface area contributed by atoms with Crippen LogP contribution in [0.1, 0.15) is 28.9 Å². The van der Waals surface area contributed by atoms with Gasteiger partial charge in [0.25, 0.3) is 5.91 Å². The second kappa shape index (κ2) is 6.83. The van der Waals surface area contributed by atoms with Crippen LogP contribution in [0.15, 0.2) is 54.9 Å². The maximum atomic E-state index is 12.9. The summed E-state index contributed by atoms with van der Waals surface area (Å²) in [7, 11) is 3.94. The van der Waals surface area contributed by atoms with E-state index in [-0.39, 0.29) is 5.91 Å². The molecule has 0 atom stereocenters. The Bertz CT molecular complexity index is 914. The Morgan fingerprint density at radius 1 is 1.15 bits per heavy atom. The minimum atomic E-state index is 0.00190. The molecule has 26 heavy (non-hydrogen) atoms. The van der Waals surface area contributed by atoms with Crippen LogP contribution in [0.2, 0.25) is 0 Å². The van der Waals surface area contributed by atoms with E-state index in [4.69, 9.17) is 0 Å². The van der Waals surface area contributed by atoms with Crippen LogP contribution in [-0.2, 0) is 6.54 Å². The molecule has 0 saturated heterocycles. The van der Waals surface area contributed by atoms with E-state index < -0.39 is 0 Å². The fourth-order valence-corrected chi connectivity index (χ4v) is 3.33. The molecule has 0 aromatic carbocycles. The van der Waals surface area contributed by atoms with Gasteiger partial charge in [-0.15, -0.1) is 0 Å². The fourth-order valence-electron chi connectivity index (χ4n) is 3.33. The van der Waals surface area contributed by atoms with Crippen molar-refractivity contribution in [1.29, 1.82) is 0 Å². The van der Waals surface area contributed by atoms with Gasteiger partial charge in [0.15, 0.2) is 0 Å². The Hall–Kier alpha value is -2.82. The third-order valence-electron chi connectivity index (χ3n) is 4.97. The molecule has 1 amide bonds. The Balaban J connectivity index is 1.56. The number of pyridine rings is 2. The molecule has 1 saturated carbocycles. The summed E-state index contributed by atoms with van der Waals surface area (Å²) >= 11 is 0. The van der Waals surface area contributed by atoms with Gasteiger partial charge in [-0.2, -0.15) is 0 Å². The summed E-state index contributed by atoms with van der Waals surface area (Å²) in [4.78, 5) is 21.2.